The van der Waals surface area contributed by atoms with Crippen molar-refractivity contribution in [3.63, 3.8) is 0 Å². The van der Waals surface area contributed by atoms with E-state index < -0.39 is 0 Å². The Bertz CT molecular complexity index is 990. The molecule has 0 radical (unpaired) electrons. The Hall–Kier alpha value is -2.60. The molecule has 27 heavy (non-hydrogen) atoms. The van der Waals surface area contributed by atoms with Gasteiger partial charge in [-0.3, -0.25) is 4.79 Å². The van der Waals surface area contributed by atoms with E-state index in [1.807, 2.05) is 24.3 Å². The second-order valence-corrected chi connectivity index (χ2v) is 7.25. The molecule has 0 N–H and O–H groups in total. The molecular formula is C21H20N2O3S. The highest BCUT2D eigenvalue weighted by Crippen LogP contribution is 2.32. The zero-order chi connectivity index (χ0) is 18.6. The monoisotopic (exact) mass is 380 g/mol. The lowest BCUT2D eigenvalue weighted by molar-refractivity contribution is 0.102. The Morgan fingerprint density at radius 3 is 2.74 bits per heavy atom. The number of para-hydroxylation sites is 1. The molecule has 0 saturated heterocycles. The quantitative estimate of drug-likeness (QED) is 0.360. The van der Waals surface area contributed by atoms with Crippen molar-refractivity contribution < 1.29 is 14.3 Å². The van der Waals surface area contributed by atoms with Crippen molar-refractivity contribution in [3.8, 4) is 11.5 Å². The lowest BCUT2D eigenvalue weighted by Crippen LogP contribution is -2.16. The van der Waals surface area contributed by atoms with Gasteiger partial charge in [0, 0.05) is 17.4 Å². The average molecular weight is 380 g/mol. The summed E-state index contributed by atoms with van der Waals surface area (Å²) in [7, 11) is 0. The molecule has 3 aromatic rings. The normalized spacial score (nSPS) is 12.9. The van der Waals surface area contributed by atoms with E-state index in [1.165, 1.54) is 11.8 Å². The first-order chi connectivity index (χ1) is 13.2. The van der Waals surface area contributed by atoms with Crippen LogP contribution in [0.5, 0.6) is 11.5 Å². The molecule has 0 bridgehead atoms. The summed E-state index contributed by atoms with van der Waals surface area (Å²) in [6, 6.07) is 13.3. The summed E-state index contributed by atoms with van der Waals surface area (Å²) >= 11 is 1.46. The number of thioether (sulfide) groups is 1. The van der Waals surface area contributed by atoms with Gasteiger partial charge in [0.25, 0.3) is 0 Å². The van der Waals surface area contributed by atoms with Crippen molar-refractivity contribution in [2.45, 2.75) is 24.8 Å². The van der Waals surface area contributed by atoms with Gasteiger partial charge in [-0.2, -0.15) is 0 Å². The van der Waals surface area contributed by atoms with Crippen LogP contribution in [0.4, 0.5) is 0 Å². The third-order valence-electron chi connectivity index (χ3n) is 4.29. The van der Waals surface area contributed by atoms with Crippen LogP contribution in [-0.2, 0) is 6.42 Å². The number of aromatic nitrogens is 2. The number of carbonyl (C=O) groups excluding carboxylic acids is 1. The molecule has 2 heterocycles. The van der Waals surface area contributed by atoms with Gasteiger partial charge in [0.15, 0.2) is 17.3 Å². The van der Waals surface area contributed by atoms with Gasteiger partial charge >= 0.3 is 0 Å². The number of rotatable bonds is 6. The zero-order valence-electron chi connectivity index (χ0n) is 15.1. The molecule has 0 fully saturated rings. The van der Waals surface area contributed by atoms with E-state index in [0.29, 0.717) is 36.0 Å². The zero-order valence-corrected chi connectivity index (χ0v) is 15.9. The summed E-state index contributed by atoms with van der Waals surface area (Å²) in [5.41, 5.74) is 1.55. The summed E-state index contributed by atoms with van der Waals surface area (Å²) in [5.74, 6) is 2.50. The van der Waals surface area contributed by atoms with Crippen LogP contribution < -0.4 is 9.47 Å². The number of hydrogen-bond acceptors (Lipinski definition) is 6. The van der Waals surface area contributed by atoms with Gasteiger partial charge < -0.3 is 9.47 Å². The van der Waals surface area contributed by atoms with E-state index in [-0.39, 0.29) is 5.78 Å². The first-order valence-electron chi connectivity index (χ1n) is 9.06. The molecule has 0 saturated carbocycles. The fourth-order valence-electron chi connectivity index (χ4n) is 2.97. The fraction of sp³-hybridized carbons (Fsp3) is 0.286. The van der Waals surface area contributed by atoms with Crippen LogP contribution in [0.3, 0.4) is 0 Å². The molecule has 0 aliphatic carbocycles. The number of Topliss-reactive ketones (excluding diaryl/α,β-unsaturated/α-hetero) is 1. The van der Waals surface area contributed by atoms with E-state index in [9.17, 15) is 4.79 Å². The molecule has 1 aliphatic heterocycles. The van der Waals surface area contributed by atoms with Gasteiger partial charge in [-0.15, -0.1) is 0 Å². The van der Waals surface area contributed by atoms with Gasteiger partial charge in [0.1, 0.15) is 24.1 Å². The molecule has 1 aliphatic rings. The SMILES string of the molecule is CCCc1nc(SCC(=O)c2ccc3c(c2)OCCO3)c2ccccc2n1. The summed E-state index contributed by atoms with van der Waals surface area (Å²) in [6.45, 7) is 3.15. The maximum atomic E-state index is 12.7. The second-order valence-electron chi connectivity index (χ2n) is 6.28. The number of carbonyl (C=O) groups is 1. The summed E-state index contributed by atoms with van der Waals surface area (Å²) in [6.07, 6.45) is 1.81. The van der Waals surface area contributed by atoms with E-state index in [0.717, 1.165) is 34.6 Å². The molecular weight excluding hydrogens is 360 g/mol. The van der Waals surface area contributed by atoms with Gasteiger partial charge in [-0.05, 0) is 30.7 Å². The molecule has 0 spiro atoms. The average Bonchev–Trinajstić information content (AvgIpc) is 2.71. The Labute approximate surface area is 162 Å². The van der Waals surface area contributed by atoms with Crippen LogP contribution in [0.1, 0.15) is 29.5 Å². The minimum absolute atomic E-state index is 0.0386. The van der Waals surface area contributed by atoms with Crippen LogP contribution in [-0.4, -0.2) is 34.7 Å². The van der Waals surface area contributed by atoms with Gasteiger partial charge in [0.05, 0.1) is 11.3 Å². The Morgan fingerprint density at radius 2 is 1.89 bits per heavy atom. The highest BCUT2D eigenvalue weighted by atomic mass is 32.2. The predicted octanol–water partition coefficient (Wildman–Crippen LogP) is 4.33. The first-order valence-corrected chi connectivity index (χ1v) is 10.0. The summed E-state index contributed by atoms with van der Waals surface area (Å²) in [5, 5.41) is 1.84. The highest BCUT2D eigenvalue weighted by molar-refractivity contribution is 8.00. The van der Waals surface area contributed by atoms with E-state index >= 15 is 0 Å². The highest BCUT2D eigenvalue weighted by Gasteiger charge is 2.16. The Morgan fingerprint density at radius 1 is 1.07 bits per heavy atom. The molecule has 6 heteroatoms. The van der Waals surface area contributed by atoms with Crippen molar-refractivity contribution in [2.24, 2.45) is 0 Å². The number of hydrogen-bond donors (Lipinski definition) is 0. The molecule has 0 unspecified atom stereocenters. The lowest BCUT2D eigenvalue weighted by atomic mass is 10.1. The van der Waals surface area contributed by atoms with Gasteiger partial charge in [-0.25, -0.2) is 9.97 Å². The molecule has 0 atom stereocenters. The predicted molar refractivity (Wildman–Crippen MR) is 106 cm³/mol. The van der Waals surface area contributed by atoms with Crippen molar-refractivity contribution in [2.75, 3.05) is 19.0 Å². The van der Waals surface area contributed by atoms with E-state index in [4.69, 9.17) is 9.47 Å². The Kier molecular flexibility index (Phi) is 5.25. The standard InChI is InChI=1S/C21H20N2O3S/c1-2-5-20-22-16-7-4-3-6-15(16)21(23-20)27-13-17(24)14-8-9-18-19(12-14)26-11-10-25-18/h3-4,6-9,12H,2,5,10-11,13H2,1H3. The van der Waals surface area contributed by atoms with E-state index in [2.05, 4.69) is 16.9 Å². The Balaban J connectivity index is 1.55. The van der Waals surface area contributed by atoms with Crippen LogP contribution >= 0.6 is 11.8 Å². The van der Waals surface area contributed by atoms with Crippen LogP contribution in [0.15, 0.2) is 47.5 Å². The third kappa shape index (κ3) is 3.90. The van der Waals surface area contributed by atoms with Crippen molar-refractivity contribution in [1.29, 1.82) is 0 Å². The maximum absolute atomic E-state index is 12.7. The first kappa shape index (κ1) is 17.8. The molecule has 2 aromatic carbocycles. The number of ketones is 1. The minimum Gasteiger partial charge on any atom is -0.486 e. The lowest BCUT2D eigenvalue weighted by Gasteiger charge is -2.18. The van der Waals surface area contributed by atoms with E-state index in [1.54, 1.807) is 18.2 Å². The van der Waals surface area contributed by atoms with Crippen LogP contribution in [0.2, 0.25) is 0 Å². The molecule has 138 valence electrons. The van der Waals surface area contributed by atoms with Crippen LogP contribution in [0.25, 0.3) is 10.9 Å². The molecule has 1 aromatic heterocycles. The number of nitrogens with zero attached hydrogens (tertiary/aromatic N) is 2. The summed E-state index contributed by atoms with van der Waals surface area (Å²) < 4.78 is 11.1. The van der Waals surface area contributed by atoms with Gasteiger partial charge in [0.2, 0.25) is 0 Å². The number of aryl methyl sites for hydroxylation is 1. The number of ether oxygens (including phenoxy) is 2. The van der Waals surface area contributed by atoms with Gasteiger partial charge in [-0.1, -0.05) is 36.9 Å². The fourth-order valence-corrected chi connectivity index (χ4v) is 3.91. The molecule has 4 rings (SSSR count). The largest absolute Gasteiger partial charge is 0.486 e. The smallest absolute Gasteiger partial charge is 0.173 e. The third-order valence-corrected chi connectivity index (χ3v) is 5.28. The second kappa shape index (κ2) is 7.96. The molecule has 5 nitrogen and oxygen atoms in total. The van der Waals surface area contributed by atoms with Crippen LogP contribution in [0, 0.1) is 0 Å². The van der Waals surface area contributed by atoms with Crippen molar-refractivity contribution >= 4 is 28.4 Å². The maximum Gasteiger partial charge on any atom is 0.173 e. The van der Waals surface area contributed by atoms with Crippen molar-refractivity contribution in [3.05, 3.63) is 53.9 Å². The number of fused-ring (bicyclic) bond motifs is 2. The number of benzene rings is 2. The summed E-state index contributed by atoms with van der Waals surface area (Å²) in [4.78, 5) is 22.0. The van der Waals surface area contributed by atoms with Crippen molar-refractivity contribution in [1.82, 2.24) is 9.97 Å². The molecule has 0 amide bonds. The topological polar surface area (TPSA) is 61.3 Å². The minimum atomic E-state index is 0.0386.